The van der Waals surface area contributed by atoms with Crippen LogP contribution < -0.4 is 0 Å². The lowest BCUT2D eigenvalue weighted by Crippen LogP contribution is -1.83. The molecule has 0 aliphatic rings. The lowest BCUT2D eigenvalue weighted by Gasteiger charge is -1.89. The maximum Gasteiger partial charge on any atom is 0.281 e. The molecule has 0 bridgehead atoms. The van der Waals surface area contributed by atoms with Crippen LogP contribution in [0.2, 0.25) is 0 Å². The number of thiazole rings is 1. The fraction of sp³-hybridized carbons (Fsp3) is 0. The molecule has 0 atom stereocenters. The van der Waals surface area contributed by atoms with E-state index in [0.29, 0.717) is 10.2 Å². The van der Waals surface area contributed by atoms with E-state index in [9.17, 15) is 9.90 Å². The largest absolute Gasteiger partial charge is 0.506 e. The molecule has 1 heterocycles. The van der Waals surface area contributed by atoms with Crippen molar-refractivity contribution in [1.29, 1.82) is 0 Å². The second-order valence-corrected chi connectivity index (χ2v) is 3.76. The number of halogens is 1. The van der Waals surface area contributed by atoms with Crippen LogP contribution >= 0.6 is 22.9 Å². The maximum atomic E-state index is 10.8. The summed E-state index contributed by atoms with van der Waals surface area (Å²) >= 11 is 6.34. The Morgan fingerprint density at radius 2 is 2.31 bits per heavy atom. The van der Waals surface area contributed by atoms with Crippen molar-refractivity contribution >= 4 is 38.4 Å². The van der Waals surface area contributed by atoms with Crippen LogP contribution in [0.4, 0.5) is 0 Å². The molecule has 13 heavy (non-hydrogen) atoms. The monoisotopic (exact) mass is 213 g/mol. The van der Waals surface area contributed by atoms with E-state index >= 15 is 0 Å². The molecule has 0 radical (unpaired) electrons. The summed E-state index contributed by atoms with van der Waals surface area (Å²) in [5.74, 6) is 0.124. The Hall–Kier alpha value is -1.13. The maximum absolute atomic E-state index is 10.8. The molecule has 0 saturated heterocycles. The second kappa shape index (κ2) is 2.97. The summed E-state index contributed by atoms with van der Waals surface area (Å²) in [7, 11) is 0. The molecular formula is C8H4ClNO2S. The van der Waals surface area contributed by atoms with Gasteiger partial charge in [0.15, 0.2) is 5.01 Å². The number of fused-ring (bicyclic) bond motifs is 1. The predicted octanol–water partition coefficient (Wildman–Crippen LogP) is 2.38. The summed E-state index contributed by atoms with van der Waals surface area (Å²) in [6, 6.07) is 4.93. The first-order valence-electron chi connectivity index (χ1n) is 3.47. The summed E-state index contributed by atoms with van der Waals surface area (Å²) in [6.07, 6.45) is 0. The van der Waals surface area contributed by atoms with Crippen LogP contribution in [0.1, 0.15) is 9.80 Å². The number of rotatable bonds is 1. The molecular weight excluding hydrogens is 210 g/mol. The predicted molar refractivity (Wildman–Crippen MR) is 51.5 cm³/mol. The molecule has 3 nitrogen and oxygen atoms in total. The summed E-state index contributed by atoms with van der Waals surface area (Å²) in [5.41, 5.74) is 0.592. The number of hydrogen-bond acceptors (Lipinski definition) is 4. The Morgan fingerprint density at radius 3 is 2.92 bits per heavy atom. The van der Waals surface area contributed by atoms with Crippen molar-refractivity contribution in [2.45, 2.75) is 0 Å². The van der Waals surface area contributed by atoms with Gasteiger partial charge >= 0.3 is 0 Å². The zero-order valence-corrected chi connectivity index (χ0v) is 7.89. The zero-order chi connectivity index (χ0) is 9.42. The van der Waals surface area contributed by atoms with Crippen LogP contribution in [0.15, 0.2) is 18.2 Å². The van der Waals surface area contributed by atoms with Gasteiger partial charge in [-0.1, -0.05) is 6.07 Å². The number of benzene rings is 1. The first kappa shape index (κ1) is 8.47. The van der Waals surface area contributed by atoms with E-state index in [1.54, 1.807) is 18.2 Å². The smallest absolute Gasteiger partial charge is 0.281 e. The average molecular weight is 214 g/mol. The van der Waals surface area contributed by atoms with Crippen molar-refractivity contribution in [3.8, 4) is 5.75 Å². The summed E-state index contributed by atoms with van der Waals surface area (Å²) in [6.45, 7) is 0. The van der Waals surface area contributed by atoms with Crippen LogP contribution in [0.5, 0.6) is 5.75 Å². The van der Waals surface area contributed by atoms with Crippen molar-refractivity contribution in [2.75, 3.05) is 0 Å². The van der Waals surface area contributed by atoms with Crippen molar-refractivity contribution in [1.82, 2.24) is 4.98 Å². The molecule has 2 aromatic rings. The Balaban J connectivity index is 2.75. The SMILES string of the molecule is O=C(Cl)c1nc2cccc(O)c2s1. The number of nitrogens with zero attached hydrogens (tertiary/aromatic N) is 1. The molecule has 5 heteroatoms. The molecule has 1 N–H and O–H groups in total. The van der Waals surface area contributed by atoms with E-state index in [1.165, 1.54) is 0 Å². The van der Waals surface area contributed by atoms with E-state index in [1.807, 2.05) is 0 Å². The highest BCUT2D eigenvalue weighted by Gasteiger charge is 2.11. The Labute approximate surface area is 82.6 Å². The minimum absolute atomic E-state index is 0.124. The van der Waals surface area contributed by atoms with E-state index in [2.05, 4.69) is 4.98 Å². The quantitative estimate of drug-likeness (QED) is 0.740. The summed E-state index contributed by atoms with van der Waals surface area (Å²) < 4.78 is 0.589. The lowest BCUT2D eigenvalue weighted by molar-refractivity contribution is 0.108. The van der Waals surface area contributed by atoms with E-state index in [-0.39, 0.29) is 10.8 Å². The van der Waals surface area contributed by atoms with Gasteiger partial charge in [0.1, 0.15) is 5.75 Å². The third-order valence-corrected chi connectivity index (χ3v) is 2.95. The molecule has 1 aromatic heterocycles. The standard InChI is InChI=1S/C8H4ClNO2S/c9-7(12)8-10-4-2-1-3-5(11)6(4)13-8/h1-3,11H. The van der Waals surface area contributed by atoms with Crippen LogP contribution in [0, 0.1) is 0 Å². The van der Waals surface area contributed by atoms with Gasteiger partial charge < -0.3 is 5.11 Å². The first-order chi connectivity index (χ1) is 6.18. The third kappa shape index (κ3) is 1.38. The molecule has 0 spiro atoms. The van der Waals surface area contributed by atoms with Gasteiger partial charge in [0, 0.05) is 0 Å². The topological polar surface area (TPSA) is 50.2 Å². The van der Waals surface area contributed by atoms with Gasteiger partial charge in [0.2, 0.25) is 0 Å². The first-order valence-corrected chi connectivity index (χ1v) is 4.66. The fourth-order valence-corrected chi connectivity index (χ4v) is 1.99. The normalized spacial score (nSPS) is 10.5. The molecule has 66 valence electrons. The van der Waals surface area contributed by atoms with Gasteiger partial charge in [-0.15, -0.1) is 11.3 Å². The summed E-state index contributed by atoms with van der Waals surface area (Å²) in [5, 5.41) is 8.99. The lowest BCUT2D eigenvalue weighted by atomic mass is 10.3. The molecule has 0 aliphatic carbocycles. The van der Waals surface area contributed by atoms with Gasteiger partial charge in [-0.05, 0) is 23.7 Å². The van der Waals surface area contributed by atoms with E-state index in [0.717, 1.165) is 11.3 Å². The van der Waals surface area contributed by atoms with Gasteiger partial charge in [-0.2, -0.15) is 0 Å². The van der Waals surface area contributed by atoms with Gasteiger partial charge in [-0.25, -0.2) is 4.98 Å². The Morgan fingerprint density at radius 1 is 1.54 bits per heavy atom. The highest BCUT2D eigenvalue weighted by atomic mass is 35.5. The molecule has 1 aromatic carbocycles. The van der Waals surface area contributed by atoms with Crippen molar-refractivity contribution in [2.24, 2.45) is 0 Å². The average Bonchev–Trinajstić information content (AvgIpc) is 2.49. The Bertz CT molecular complexity index is 480. The Kier molecular flexibility index (Phi) is 1.94. The highest BCUT2D eigenvalue weighted by molar-refractivity contribution is 7.22. The van der Waals surface area contributed by atoms with Crippen LogP contribution in [-0.4, -0.2) is 15.3 Å². The molecule has 2 rings (SSSR count). The number of hydrogen-bond donors (Lipinski definition) is 1. The number of phenols is 1. The van der Waals surface area contributed by atoms with Crippen LogP contribution in [0.3, 0.4) is 0 Å². The zero-order valence-electron chi connectivity index (χ0n) is 6.32. The minimum Gasteiger partial charge on any atom is -0.506 e. The van der Waals surface area contributed by atoms with Gasteiger partial charge in [-0.3, -0.25) is 4.79 Å². The van der Waals surface area contributed by atoms with Gasteiger partial charge in [0.25, 0.3) is 5.24 Å². The van der Waals surface area contributed by atoms with Crippen LogP contribution in [-0.2, 0) is 0 Å². The number of aromatic hydroxyl groups is 1. The minimum atomic E-state index is -0.597. The van der Waals surface area contributed by atoms with Crippen molar-refractivity contribution in [3.05, 3.63) is 23.2 Å². The third-order valence-electron chi connectivity index (χ3n) is 1.56. The number of carbonyl (C=O) groups is 1. The molecule has 0 fully saturated rings. The number of phenolic OH excluding ortho intramolecular Hbond substituents is 1. The van der Waals surface area contributed by atoms with E-state index < -0.39 is 5.24 Å². The molecule has 0 aliphatic heterocycles. The summed E-state index contributed by atoms with van der Waals surface area (Å²) in [4.78, 5) is 14.7. The van der Waals surface area contributed by atoms with Gasteiger partial charge in [0.05, 0.1) is 10.2 Å². The molecule has 0 amide bonds. The number of carbonyl (C=O) groups excluding carboxylic acids is 1. The molecule has 0 saturated carbocycles. The van der Waals surface area contributed by atoms with E-state index in [4.69, 9.17) is 11.6 Å². The molecule has 0 unspecified atom stereocenters. The van der Waals surface area contributed by atoms with Crippen molar-refractivity contribution < 1.29 is 9.90 Å². The number of aromatic nitrogens is 1. The second-order valence-electron chi connectivity index (χ2n) is 2.42. The fourth-order valence-electron chi connectivity index (χ4n) is 1.02. The highest BCUT2D eigenvalue weighted by Crippen LogP contribution is 2.30. The van der Waals surface area contributed by atoms with Crippen molar-refractivity contribution in [3.63, 3.8) is 0 Å². The van der Waals surface area contributed by atoms with Crippen LogP contribution in [0.25, 0.3) is 10.2 Å².